The molecule has 1 saturated carbocycles. The Morgan fingerprint density at radius 1 is 1.33 bits per heavy atom. The second-order valence-electron chi connectivity index (χ2n) is 4.93. The first-order valence-corrected chi connectivity index (χ1v) is 6.68. The summed E-state index contributed by atoms with van der Waals surface area (Å²) in [7, 11) is 1.79. The van der Waals surface area contributed by atoms with Crippen molar-refractivity contribution in [1.29, 1.82) is 0 Å². The van der Waals surface area contributed by atoms with Crippen LogP contribution in [0.15, 0.2) is 43.0 Å². The molecule has 0 amide bonds. The first-order valence-electron chi connectivity index (χ1n) is 6.68. The minimum absolute atomic E-state index is 0.122. The summed E-state index contributed by atoms with van der Waals surface area (Å²) in [6.07, 6.45) is 7.42. The molecule has 1 aliphatic rings. The van der Waals surface area contributed by atoms with Crippen LogP contribution in [0, 0.1) is 0 Å². The third-order valence-electron chi connectivity index (χ3n) is 3.82. The van der Waals surface area contributed by atoms with Gasteiger partial charge in [-0.25, -0.2) is 0 Å². The van der Waals surface area contributed by atoms with Crippen LogP contribution < -0.4 is 4.74 Å². The molecule has 18 heavy (non-hydrogen) atoms. The summed E-state index contributed by atoms with van der Waals surface area (Å²) >= 11 is 0. The second-order valence-corrected chi connectivity index (χ2v) is 4.93. The topological polar surface area (TPSA) is 18.5 Å². The highest BCUT2D eigenvalue weighted by atomic mass is 16.5. The van der Waals surface area contributed by atoms with Gasteiger partial charge in [0.15, 0.2) is 0 Å². The number of ether oxygens (including phenoxy) is 2. The largest absolute Gasteiger partial charge is 0.487 e. The highest BCUT2D eigenvalue weighted by Crippen LogP contribution is 2.37. The van der Waals surface area contributed by atoms with Crippen molar-refractivity contribution in [2.45, 2.75) is 43.8 Å². The maximum absolute atomic E-state index is 6.14. The molecule has 0 aromatic heterocycles. The molecule has 2 heteroatoms. The van der Waals surface area contributed by atoms with Gasteiger partial charge < -0.3 is 9.47 Å². The van der Waals surface area contributed by atoms with Crippen LogP contribution >= 0.6 is 0 Å². The smallest absolute Gasteiger partial charge is 0.128 e. The molecule has 1 fully saturated rings. The standard InChI is InChI=1S/C16H22O2/c1-3-12-16(17-2)13-8-7-11-15(16)18-14-9-5-4-6-10-14/h3-6,9-10,15H,1,7-8,11-13H2,2H3/t15-,16+/m0/s1. The fraction of sp³-hybridized carbons (Fsp3) is 0.500. The molecule has 0 aliphatic heterocycles. The van der Waals surface area contributed by atoms with Gasteiger partial charge in [-0.3, -0.25) is 0 Å². The molecule has 0 N–H and O–H groups in total. The maximum atomic E-state index is 6.14. The molecule has 0 saturated heterocycles. The Bertz CT molecular complexity index is 374. The van der Waals surface area contributed by atoms with E-state index >= 15 is 0 Å². The lowest BCUT2D eigenvalue weighted by atomic mass is 9.79. The van der Waals surface area contributed by atoms with Crippen molar-refractivity contribution in [3.8, 4) is 5.75 Å². The normalized spacial score (nSPS) is 27.7. The molecule has 2 rings (SSSR count). The number of hydrogen-bond acceptors (Lipinski definition) is 2. The molecule has 98 valence electrons. The van der Waals surface area contributed by atoms with Gasteiger partial charge in [0.05, 0.1) is 0 Å². The zero-order chi connectivity index (χ0) is 12.8. The van der Waals surface area contributed by atoms with E-state index in [-0.39, 0.29) is 11.7 Å². The van der Waals surface area contributed by atoms with Crippen molar-refractivity contribution >= 4 is 0 Å². The lowest BCUT2D eigenvalue weighted by Crippen LogP contribution is -2.49. The van der Waals surface area contributed by atoms with Crippen LogP contribution in [0.1, 0.15) is 32.1 Å². The first-order chi connectivity index (χ1) is 8.80. The van der Waals surface area contributed by atoms with E-state index in [1.165, 1.54) is 12.8 Å². The fourth-order valence-electron chi connectivity index (χ4n) is 2.80. The van der Waals surface area contributed by atoms with E-state index in [2.05, 4.69) is 6.58 Å². The second kappa shape index (κ2) is 6.05. The van der Waals surface area contributed by atoms with Crippen LogP contribution in [0.25, 0.3) is 0 Å². The van der Waals surface area contributed by atoms with Gasteiger partial charge in [0.25, 0.3) is 0 Å². The van der Waals surface area contributed by atoms with E-state index in [0.29, 0.717) is 0 Å². The minimum Gasteiger partial charge on any atom is -0.487 e. The third-order valence-corrected chi connectivity index (χ3v) is 3.82. The van der Waals surface area contributed by atoms with Gasteiger partial charge in [0, 0.05) is 7.11 Å². The zero-order valence-electron chi connectivity index (χ0n) is 11.1. The van der Waals surface area contributed by atoms with E-state index in [1.54, 1.807) is 7.11 Å². The van der Waals surface area contributed by atoms with Crippen molar-refractivity contribution in [3.05, 3.63) is 43.0 Å². The molecule has 2 nitrogen and oxygen atoms in total. The molecule has 0 spiro atoms. The highest BCUT2D eigenvalue weighted by molar-refractivity contribution is 5.22. The Balaban J connectivity index is 2.14. The van der Waals surface area contributed by atoms with Crippen LogP contribution in [0.4, 0.5) is 0 Å². The van der Waals surface area contributed by atoms with Crippen LogP contribution in [0.2, 0.25) is 0 Å². The predicted molar refractivity (Wildman–Crippen MR) is 73.9 cm³/mol. The Morgan fingerprint density at radius 2 is 2.11 bits per heavy atom. The van der Waals surface area contributed by atoms with Crippen LogP contribution in [-0.2, 0) is 4.74 Å². The molecule has 0 unspecified atom stereocenters. The lowest BCUT2D eigenvalue weighted by Gasteiger charge is -2.42. The van der Waals surface area contributed by atoms with Gasteiger partial charge in [0.1, 0.15) is 17.5 Å². The van der Waals surface area contributed by atoms with Gasteiger partial charge >= 0.3 is 0 Å². The van der Waals surface area contributed by atoms with Crippen LogP contribution in [-0.4, -0.2) is 18.8 Å². The number of benzene rings is 1. The molecule has 1 aromatic rings. The quantitative estimate of drug-likeness (QED) is 0.732. The average Bonchev–Trinajstić information content (AvgIpc) is 2.42. The number of hydrogen-bond donors (Lipinski definition) is 0. The minimum atomic E-state index is -0.199. The van der Waals surface area contributed by atoms with Crippen molar-refractivity contribution in [2.24, 2.45) is 0 Å². The first kappa shape index (κ1) is 13.2. The Labute approximate surface area is 110 Å². The maximum Gasteiger partial charge on any atom is 0.128 e. The van der Waals surface area contributed by atoms with Crippen molar-refractivity contribution in [2.75, 3.05) is 7.11 Å². The SMILES string of the molecule is C=CC[C@@]1(OC)CCCC[C@@H]1Oc1ccccc1. The van der Waals surface area contributed by atoms with Gasteiger partial charge in [-0.15, -0.1) is 6.58 Å². The van der Waals surface area contributed by atoms with E-state index in [1.807, 2.05) is 36.4 Å². The molecule has 1 aromatic carbocycles. The van der Waals surface area contributed by atoms with E-state index in [9.17, 15) is 0 Å². The van der Waals surface area contributed by atoms with Gasteiger partial charge in [-0.2, -0.15) is 0 Å². The fourth-order valence-corrected chi connectivity index (χ4v) is 2.80. The zero-order valence-corrected chi connectivity index (χ0v) is 11.1. The number of methoxy groups -OCH3 is 1. The van der Waals surface area contributed by atoms with E-state index in [0.717, 1.165) is 25.0 Å². The summed E-state index contributed by atoms with van der Waals surface area (Å²) in [6.45, 7) is 3.85. The summed E-state index contributed by atoms with van der Waals surface area (Å²) in [4.78, 5) is 0. The van der Waals surface area contributed by atoms with Crippen molar-refractivity contribution in [3.63, 3.8) is 0 Å². The summed E-state index contributed by atoms with van der Waals surface area (Å²) in [5.74, 6) is 0.926. The van der Waals surface area contributed by atoms with Gasteiger partial charge in [-0.05, 0) is 37.8 Å². The Hall–Kier alpha value is -1.28. The van der Waals surface area contributed by atoms with Crippen molar-refractivity contribution in [1.82, 2.24) is 0 Å². The average molecular weight is 246 g/mol. The molecule has 0 bridgehead atoms. The summed E-state index contributed by atoms with van der Waals surface area (Å²) in [5.41, 5.74) is -0.199. The highest BCUT2D eigenvalue weighted by Gasteiger charge is 2.41. The summed E-state index contributed by atoms with van der Waals surface area (Å²) < 4.78 is 11.9. The van der Waals surface area contributed by atoms with Crippen LogP contribution in [0.5, 0.6) is 5.75 Å². The molecule has 1 aliphatic carbocycles. The molecular weight excluding hydrogens is 224 g/mol. The van der Waals surface area contributed by atoms with Gasteiger partial charge in [0.2, 0.25) is 0 Å². The van der Waals surface area contributed by atoms with Gasteiger partial charge in [-0.1, -0.05) is 30.7 Å². The Kier molecular flexibility index (Phi) is 4.43. The van der Waals surface area contributed by atoms with Crippen molar-refractivity contribution < 1.29 is 9.47 Å². The molecule has 0 heterocycles. The lowest BCUT2D eigenvalue weighted by molar-refractivity contribution is -0.111. The van der Waals surface area contributed by atoms with Crippen LogP contribution in [0.3, 0.4) is 0 Å². The third kappa shape index (κ3) is 2.75. The Morgan fingerprint density at radius 3 is 2.78 bits per heavy atom. The van der Waals surface area contributed by atoms with E-state index < -0.39 is 0 Å². The molecule has 0 radical (unpaired) electrons. The van der Waals surface area contributed by atoms with E-state index in [4.69, 9.17) is 9.47 Å². The monoisotopic (exact) mass is 246 g/mol. The summed E-state index contributed by atoms with van der Waals surface area (Å²) in [6, 6.07) is 10.0. The molecule has 2 atom stereocenters. The number of rotatable bonds is 5. The number of para-hydroxylation sites is 1. The summed E-state index contributed by atoms with van der Waals surface area (Å²) in [5, 5.41) is 0. The molecular formula is C16H22O2. The predicted octanol–water partition coefficient (Wildman–Crippen LogP) is 3.97.